The summed E-state index contributed by atoms with van der Waals surface area (Å²) in [6.45, 7) is 0. The second kappa shape index (κ2) is 6.74. The number of esters is 2. The number of alkyl halides is 4. The number of hydrogen-bond acceptors (Lipinski definition) is 5. The lowest BCUT2D eigenvalue weighted by Crippen LogP contribution is -2.46. The lowest BCUT2D eigenvalue weighted by atomic mass is 9.67. The van der Waals surface area contributed by atoms with Gasteiger partial charge in [0.15, 0.2) is 0 Å². The van der Waals surface area contributed by atoms with Gasteiger partial charge in [-0.3, -0.25) is 9.59 Å². The molecule has 2 saturated heterocycles. The SMILES string of the molecule is O=C(CCC(F)(F)C(F)(F)S(=O)O)OC1C2CC3CC(C2)C(=O)OC1C3. The van der Waals surface area contributed by atoms with Crippen molar-refractivity contribution in [3.8, 4) is 0 Å². The predicted molar refractivity (Wildman–Crippen MR) is 78.6 cm³/mol. The van der Waals surface area contributed by atoms with Crippen molar-refractivity contribution < 1.29 is 45.4 Å². The summed E-state index contributed by atoms with van der Waals surface area (Å²) >= 11 is -4.07. The average molecular weight is 402 g/mol. The van der Waals surface area contributed by atoms with E-state index in [1.54, 1.807) is 0 Å². The molecule has 2 aliphatic carbocycles. The van der Waals surface area contributed by atoms with Crippen LogP contribution in [0.5, 0.6) is 0 Å². The minimum Gasteiger partial charge on any atom is -0.458 e. The van der Waals surface area contributed by atoms with Gasteiger partial charge in [-0.15, -0.1) is 0 Å². The Labute approximate surface area is 148 Å². The third kappa shape index (κ3) is 3.47. The zero-order valence-electron chi connectivity index (χ0n) is 13.5. The van der Waals surface area contributed by atoms with Crippen LogP contribution >= 0.6 is 0 Å². The van der Waals surface area contributed by atoms with Gasteiger partial charge in [0.05, 0.1) is 12.3 Å². The molecule has 6 atom stereocenters. The molecule has 148 valence electrons. The van der Waals surface area contributed by atoms with Gasteiger partial charge in [0.1, 0.15) is 12.2 Å². The Balaban J connectivity index is 1.60. The summed E-state index contributed by atoms with van der Waals surface area (Å²) in [5.74, 6) is -6.41. The maximum atomic E-state index is 13.4. The summed E-state index contributed by atoms with van der Waals surface area (Å²) in [6, 6.07) is 0. The van der Waals surface area contributed by atoms with Crippen molar-refractivity contribution >= 4 is 23.0 Å². The fourth-order valence-electron chi connectivity index (χ4n) is 4.18. The van der Waals surface area contributed by atoms with Gasteiger partial charge in [-0.25, -0.2) is 4.21 Å². The second-order valence-electron chi connectivity index (χ2n) is 7.17. The van der Waals surface area contributed by atoms with Crippen LogP contribution in [0.4, 0.5) is 17.6 Å². The van der Waals surface area contributed by atoms with E-state index < -0.39 is 53.3 Å². The highest BCUT2D eigenvalue weighted by molar-refractivity contribution is 7.80. The van der Waals surface area contributed by atoms with Crippen LogP contribution in [-0.2, 0) is 30.1 Å². The van der Waals surface area contributed by atoms with Gasteiger partial charge >= 0.3 is 23.1 Å². The molecule has 2 heterocycles. The van der Waals surface area contributed by atoms with Crippen molar-refractivity contribution in [2.75, 3.05) is 0 Å². The highest BCUT2D eigenvalue weighted by Crippen LogP contribution is 2.48. The summed E-state index contributed by atoms with van der Waals surface area (Å²) in [6.07, 6.45) is -1.61. The summed E-state index contributed by atoms with van der Waals surface area (Å²) in [7, 11) is 0. The Kier molecular flexibility index (Phi) is 5.06. The first kappa shape index (κ1) is 19.5. The van der Waals surface area contributed by atoms with Gasteiger partial charge in [0, 0.05) is 12.3 Å². The Hall–Kier alpha value is -1.23. The van der Waals surface area contributed by atoms with Crippen LogP contribution in [0.25, 0.3) is 0 Å². The molecule has 0 radical (unpaired) electrons. The minimum absolute atomic E-state index is 0.125. The molecular formula is C15H18F4O6S. The van der Waals surface area contributed by atoms with E-state index in [0.29, 0.717) is 12.8 Å². The Bertz CT molecular complexity index is 627. The van der Waals surface area contributed by atoms with E-state index in [2.05, 4.69) is 0 Å². The molecule has 4 fully saturated rings. The molecule has 6 nitrogen and oxygen atoms in total. The molecule has 0 amide bonds. The molecule has 11 heteroatoms. The molecule has 0 aromatic heterocycles. The molecule has 2 aliphatic heterocycles. The predicted octanol–water partition coefficient (Wildman–Crippen LogP) is 2.49. The van der Waals surface area contributed by atoms with Gasteiger partial charge < -0.3 is 14.0 Å². The molecule has 0 aromatic rings. The molecule has 1 N–H and O–H groups in total. The van der Waals surface area contributed by atoms with E-state index >= 15 is 0 Å². The van der Waals surface area contributed by atoms with Crippen LogP contribution in [0.1, 0.15) is 38.5 Å². The van der Waals surface area contributed by atoms with E-state index in [-0.39, 0.29) is 23.7 Å². The molecule has 4 bridgehead atoms. The van der Waals surface area contributed by atoms with E-state index in [4.69, 9.17) is 14.0 Å². The third-order valence-corrected chi connectivity index (χ3v) is 6.13. The zero-order chi connectivity index (χ0) is 19.3. The highest BCUT2D eigenvalue weighted by Gasteiger charge is 2.61. The number of fused-ring (bicyclic) bond motifs is 1. The molecule has 2 saturated carbocycles. The van der Waals surface area contributed by atoms with Crippen LogP contribution in [-0.4, -0.2) is 44.1 Å². The highest BCUT2D eigenvalue weighted by atomic mass is 32.2. The number of carbonyl (C=O) groups is 2. The van der Waals surface area contributed by atoms with Crippen molar-refractivity contribution in [2.45, 2.75) is 61.9 Å². The van der Waals surface area contributed by atoms with E-state index in [1.807, 2.05) is 0 Å². The van der Waals surface area contributed by atoms with Crippen LogP contribution in [0.2, 0.25) is 0 Å². The minimum atomic E-state index is -5.16. The van der Waals surface area contributed by atoms with Crippen LogP contribution in [0.3, 0.4) is 0 Å². The van der Waals surface area contributed by atoms with Gasteiger partial charge in [-0.05, 0) is 31.6 Å². The Morgan fingerprint density at radius 2 is 1.92 bits per heavy atom. The monoisotopic (exact) mass is 402 g/mol. The smallest absolute Gasteiger partial charge is 0.406 e. The lowest BCUT2D eigenvalue weighted by Gasteiger charge is -2.41. The molecule has 6 unspecified atom stereocenters. The van der Waals surface area contributed by atoms with Crippen molar-refractivity contribution in [1.82, 2.24) is 0 Å². The molecular weight excluding hydrogens is 384 g/mol. The standard InChI is InChI=1S/C15H18F4O6S/c16-14(17,15(18,19)26(22)23)2-1-11(20)25-12-8-3-7-4-9(6-8)13(21)24-10(12)5-7/h7-10,12H,1-6H2,(H,22,23). The van der Waals surface area contributed by atoms with E-state index in [1.165, 1.54) is 0 Å². The normalized spacial score (nSPS) is 35.0. The topological polar surface area (TPSA) is 89.9 Å². The summed E-state index contributed by atoms with van der Waals surface area (Å²) in [4.78, 5) is 23.8. The van der Waals surface area contributed by atoms with Crippen molar-refractivity contribution in [3.63, 3.8) is 0 Å². The fourth-order valence-corrected chi connectivity index (χ4v) is 4.54. The Morgan fingerprint density at radius 1 is 1.23 bits per heavy atom. The van der Waals surface area contributed by atoms with E-state index in [0.717, 1.165) is 12.8 Å². The third-order valence-electron chi connectivity index (χ3n) is 5.39. The molecule has 26 heavy (non-hydrogen) atoms. The second-order valence-corrected chi connectivity index (χ2v) is 8.18. The maximum absolute atomic E-state index is 13.4. The van der Waals surface area contributed by atoms with Crippen LogP contribution in [0.15, 0.2) is 0 Å². The lowest BCUT2D eigenvalue weighted by molar-refractivity contribution is -0.180. The number of hydrogen-bond donors (Lipinski definition) is 1. The summed E-state index contributed by atoms with van der Waals surface area (Å²) in [5.41, 5.74) is 0. The van der Waals surface area contributed by atoms with Gasteiger partial charge in [0.25, 0.3) is 0 Å². The number of rotatable bonds is 6. The quantitative estimate of drug-likeness (QED) is 0.417. The largest absolute Gasteiger partial charge is 0.458 e. The number of carbonyl (C=O) groups excluding carboxylic acids is 2. The first-order valence-electron chi connectivity index (χ1n) is 8.28. The number of ether oxygens (including phenoxy) is 2. The molecule has 0 aromatic carbocycles. The maximum Gasteiger partial charge on any atom is 0.406 e. The van der Waals surface area contributed by atoms with Crippen molar-refractivity contribution in [2.24, 2.45) is 17.8 Å². The summed E-state index contributed by atoms with van der Waals surface area (Å²) in [5, 5.41) is -5.16. The van der Waals surface area contributed by atoms with Crippen LogP contribution < -0.4 is 0 Å². The number of halogens is 4. The van der Waals surface area contributed by atoms with Gasteiger partial charge in [-0.1, -0.05) is 0 Å². The fraction of sp³-hybridized carbons (Fsp3) is 0.867. The first-order chi connectivity index (χ1) is 12.0. The van der Waals surface area contributed by atoms with Crippen LogP contribution in [0, 0.1) is 17.8 Å². The van der Waals surface area contributed by atoms with Crippen molar-refractivity contribution in [1.29, 1.82) is 0 Å². The van der Waals surface area contributed by atoms with E-state index in [9.17, 15) is 31.4 Å². The molecule has 4 aliphatic rings. The Morgan fingerprint density at radius 3 is 2.58 bits per heavy atom. The molecule has 0 spiro atoms. The zero-order valence-corrected chi connectivity index (χ0v) is 14.4. The average Bonchev–Trinajstić information content (AvgIpc) is 2.70. The molecule has 4 rings (SSSR count). The van der Waals surface area contributed by atoms with Gasteiger partial charge in [0.2, 0.25) is 11.1 Å². The summed E-state index contributed by atoms with van der Waals surface area (Å²) < 4.78 is 82.2. The van der Waals surface area contributed by atoms with Crippen molar-refractivity contribution in [3.05, 3.63) is 0 Å². The first-order valence-corrected chi connectivity index (χ1v) is 9.38. The van der Waals surface area contributed by atoms with Gasteiger partial charge in [-0.2, -0.15) is 17.6 Å².